The summed E-state index contributed by atoms with van der Waals surface area (Å²) in [6, 6.07) is 0.371. The second-order valence-corrected chi connectivity index (χ2v) is 8.62. The largest absolute Gasteiger partial charge is 0.434 e. The third-order valence-corrected chi connectivity index (χ3v) is 7.18. The Kier molecular flexibility index (Phi) is 6.80. The Bertz CT molecular complexity index is 705. The highest BCUT2D eigenvalue weighted by Gasteiger charge is 2.65. The van der Waals surface area contributed by atoms with Crippen molar-refractivity contribution < 1.29 is 17.9 Å². The lowest BCUT2D eigenvalue weighted by Crippen LogP contribution is -2.69. The average molecular weight is 530 g/mol. The van der Waals surface area contributed by atoms with Gasteiger partial charge in [0.25, 0.3) is 0 Å². The Morgan fingerprint density at radius 3 is 2.79 bits per heavy atom. The van der Waals surface area contributed by atoms with Crippen LogP contribution in [0.4, 0.5) is 13.2 Å². The minimum atomic E-state index is -4.38. The van der Waals surface area contributed by atoms with Gasteiger partial charge in [0.15, 0.2) is 11.7 Å². The van der Waals surface area contributed by atoms with Gasteiger partial charge in [0.1, 0.15) is 0 Å². The maximum absolute atomic E-state index is 12.6. The van der Waals surface area contributed by atoms with Crippen LogP contribution in [0.3, 0.4) is 0 Å². The Balaban J connectivity index is 0.00000225. The Labute approximate surface area is 183 Å². The summed E-state index contributed by atoms with van der Waals surface area (Å²) in [7, 11) is 1.73. The quantitative estimate of drug-likeness (QED) is 0.353. The van der Waals surface area contributed by atoms with Gasteiger partial charge in [0.05, 0.1) is 11.1 Å². The molecule has 1 aliphatic heterocycles. The number of aliphatic imine (C=N–C) groups is 1. The molecule has 3 fully saturated rings. The van der Waals surface area contributed by atoms with Crippen LogP contribution in [-0.4, -0.2) is 43.3 Å². The molecule has 2 aliphatic carbocycles. The lowest BCUT2D eigenvalue weighted by molar-refractivity contribution is -0.140. The molecule has 1 aromatic heterocycles. The normalized spacial score (nSPS) is 28.6. The number of ether oxygens (including phenoxy) is 1. The molecule has 3 unspecified atom stereocenters. The molecule has 0 aromatic carbocycles. The Morgan fingerprint density at radius 1 is 1.39 bits per heavy atom. The van der Waals surface area contributed by atoms with Gasteiger partial charge >= 0.3 is 6.18 Å². The van der Waals surface area contributed by atoms with Gasteiger partial charge in [-0.25, -0.2) is 4.98 Å². The molecule has 1 saturated heterocycles. The van der Waals surface area contributed by atoms with Crippen molar-refractivity contribution >= 4 is 41.3 Å². The number of nitrogens with zero attached hydrogens (tertiary/aromatic N) is 2. The lowest BCUT2D eigenvalue weighted by atomic mass is 9.54. The molecule has 0 radical (unpaired) electrons. The molecular formula is C18H26F3IN4OS. The van der Waals surface area contributed by atoms with E-state index in [9.17, 15) is 13.2 Å². The average Bonchev–Trinajstić information content (AvgIpc) is 3.36. The van der Waals surface area contributed by atoms with Gasteiger partial charge < -0.3 is 15.4 Å². The van der Waals surface area contributed by atoms with Crippen LogP contribution in [0.2, 0.25) is 0 Å². The van der Waals surface area contributed by atoms with E-state index in [-0.39, 0.29) is 29.4 Å². The van der Waals surface area contributed by atoms with E-state index in [1.807, 2.05) is 0 Å². The number of rotatable bonds is 4. The van der Waals surface area contributed by atoms with Crippen LogP contribution < -0.4 is 10.6 Å². The molecule has 158 valence electrons. The van der Waals surface area contributed by atoms with Crippen molar-refractivity contribution in [1.29, 1.82) is 0 Å². The first-order valence-electron chi connectivity index (χ1n) is 9.54. The fourth-order valence-corrected chi connectivity index (χ4v) is 5.89. The van der Waals surface area contributed by atoms with Crippen molar-refractivity contribution in [2.75, 3.05) is 20.2 Å². The van der Waals surface area contributed by atoms with Gasteiger partial charge in [-0.1, -0.05) is 12.8 Å². The van der Waals surface area contributed by atoms with Gasteiger partial charge in [-0.15, -0.1) is 35.3 Å². The third kappa shape index (κ3) is 4.00. The second kappa shape index (κ2) is 8.63. The Hall–Kier alpha value is -0.620. The molecule has 2 saturated carbocycles. The molecule has 0 bridgehead atoms. The van der Waals surface area contributed by atoms with Crippen molar-refractivity contribution in [3.63, 3.8) is 0 Å². The molecule has 28 heavy (non-hydrogen) atoms. The van der Waals surface area contributed by atoms with Crippen LogP contribution in [-0.2, 0) is 17.3 Å². The molecule has 2 heterocycles. The number of aromatic nitrogens is 1. The standard InChI is InChI=1S/C18H25F3N4OS.HI/c1-22-16(23-8-4-13-24-12(10-27-13)18(19,20)21)25-14-11-5-9-26-15(11)17(14)6-2-3-7-17;/h10-11,14-15H,2-9H2,1H3,(H2,22,23,25);1H. The molecular weight excluding hydrogens is 504 g/mol. The first-order chi connectivity index (χ1) is 12.9. The van der Waals surface area contributed by atoms with Gasteiger partial charge in [0.2, 0.25) is 0 Å². The van der Waals surface area contributed by atoms with Crippen molar-refractivity contribution in [3.05, 3.63) is 16.1 Å². The summed E-state index contributed by atoms with van der Waals surface area (Å²) in [6.45, 7) is 1.33. The minimum absolute atomic E-state index is 0. The molecule has 4 rings (SSSR count). The van der Waals surface area contributed by atoms with Crippen molar-refractivity contribution in [1.82, 2.24) is 15.6 Å². The summed E-state index contributed by atoms with van der Waals surface area (Å²) in [5.41, 5.74) is -0.578. The summed E-state index contributed by atoms with van der Waals surface area (Å²) < 4.78 is 43.9. The molecule has 10 heteroatoms. The van der Waals surface area contributed by atoms with Crippen molar-refractivity contribution in [3.8, 4) is 0 Å². The van der Waals surface area contributed by atoms with Gasteiger partial charge in [0, 0.05) is 49.4 Å². The summed E-state index contributed by atoms with van der Waals surface area (Å²) in [5.74, 6) is 1.25. The predicted molar refractivity (Wildman–Crippen MR) is 113 cm³/mol. The maximum atomic E-state index is 12.6. The summed E-state index contributed by atoms with van der Waals surface area (Å²) >= 11 is 1.05. The molecule has 1 aromatic rings. The molecule has 3 aliphatic rings. The summed E-state index contributed by atoms with van der Waals surface area (Å²) in [5, 5.41) is 8.37. The van der Waals surface area contributed by atoms with Crippen LogP contribution in [0.25, 0.3) is 0 Å². The summed E-state index contributed by atoms with van der Waals surface area (Å²) in [6.07, 6.45) is 2.42. The molecule has 2 N–H and O–H groups in total. The fraction of sp³-hybridized carbons (Fsp3) is 0.778. The highest BCUT2D eigenvalue weighted by atomic mass is 127. The maximum Gasteiger partial charge on any atom is 0.434 e. The number of alkyl halides is 3. The van der Waals surface area contributed by atoms with Crippen LogP contribution in [0.15, 0.2) is 10.4 Å². The van der Waals surface area contributed by atoms with E-state index in [1.165, 1.54) is 25.7 Å². The number of hydrogen-bond donors (Lipinski definition) is 2. The lowest BCUT2D eigenvalue weighted by Gasteiger charge is -2.57. The van der Waals surface area contributed by atoms with Crippen LogP contribution in [0, 0.1) is 11.3 Å². The zero-order valence-electron chi connectivity index (χ0n) is 15.7. The van der Waals surface area contributed by atoms with Gasteiger partial charge in [-0.3, -0.25) is 4.99 Å². The number of nitrogens with one attached hydrogen (secondary N) is 2. The predicted octanol–water partition coefficient (Wildman–Crippen LogP) is 3.84. The zero-order valence-corrected chi connectivity index (χ0v) is 18.9. The van der Waals surface area contributed by atoms with Crippen LogP contribution >= 0.6 is 35.3 Å². The van der Waals surface area contributed by atoms with Crippen LogP contribution in [0.1, 0.15) is 42.8 Å². The number of guanidine groups is 1. The number of halogens is 4. The van der Waals surface area contributed by atoms with Gasteiger partial charge in [-0.05, 0) is 19.3 Å². The van der Waals surface area contributed by atoms with E-state index in [0.717, 1.165) is 29.7 Å². The van der Waals surface area contributed by atoms with E-state index in [2.05, 4.69) is 20.6 Å². The number of thiazole rings is 1. The SMILES string of the molecule is CN=C(NCCc1nc(C(F)(F)F)cs1)NC1C2CCOC2C12CCCC2.I. The van der Waals surface area contributed by atoms with E-state index >= 15 is 0 Å². The van der Waals surface area contributed by atoms with Crippen LogP contribution in [0.5, 0.6) is 0 Å². The molecule has 0 amide bonds. The zero-order chi connectivity index (χ0) is 19.1. The first-order valence-corrected chi connectivity index (χ1v) is 10.4. The molecule has 3 atom stereocenters. The smallest absolute Gasteiger partial charge is 0.377 e. The van der Waals surface area contributed by atoms with E-state index in [0.29, 0.717) is 42.0 Å². The van der Waals surface area contributed by atoms with E-state index < -0.39 is 11.9 Å². The first kappa shape index (κ1) is 22.1. The number of fused-ring (bicyclic) bond motifs is 2. The highest BCUT2D eigenvalue weighted by molar-refractivity contribution is 14.0. The second-order valence-electron chi connectivity index (χ2n) is 7.68. The minimum Gasteiger partial charge on any atom is -0.377 e. The topological polar surface area (TPSA) is 58.5 Å². The highest BCUT2D eigenvalue weighted by Crippen LogP contribution is 2.60. The molecule has 5 nitrogen and oxygen atoms in total. The Morgan fingerprint density at radius 2 is 2.14 bits per heavy atom. The third-order valence-electron chi connectivity index (χ3n) is 6.28. The van der Waals surface area contributed by atoms with Gasteiger partial charge in [-0.2, -0.15) is 13.2 Å². The molecule has 1 spiro atoms. The van der Waals surface area contributed by atoms with E-state index in [4.69, 9.17) is 4.74 Å². The monoisotopic (exact) mass is 530 g/mol. The summed E-state index contributed by atoms with van der Waals surface area (Å²) in [4.78, 5) is 7.98. The fourth-order valence-electron chi connectivity index (χ4n) is 5.09. The number of hydrogen-bond acceptors (Lipinski definition) is 4. The van der Waals surface area contributed by atoms with E-state index in [1.54, 1.807) is 7.05 Å². The van der Waals surface area contributed by atoms with Crippen molar-refractivity contribution in [2.24, 2.45) is 16.3 Å². The van der Waals surface area contributed by atoms with Crippen molar-refractivity contribution in [2.45, 2.75) is 56.8 Å².